The Morgan fingerprint density at radius 2 is 0.914 bits per heavy atom. The second kappa shape index (κ2) is 22.8. The Bertz CT molecular complexity index is 462. The molecule has 0 heterocycles. The Kier molecular flexibility index (Phi) is 22.6. The highest BCUT2D eigenvalue weighted by molar-refractivity contribution is 5.84. The Morgan fingerprint density at radius 3 is 1.40 bits per heavy atom. The van der Waals surface area contributed by atoms with Crippen molar-refractivity contribution in [1.82, 2.24) is 5.32 Å². The molecule has 0 aliphatic rings. The molecule has 0 saturated heterocycles. The van der Waals surface area contributed by atoms with Crippen molar-refractivity contribution in [3.8, 4) is 0 Å². The molecule has 1 unspecified atom stereocenters. The van der Waals surface area contributed by atoms with Gasteiger partial charge in [0.2, 0.25) is 0 Å². The molecule has 0 radical (unpaired) electrons. The van der Waals surface area contributed by atoms with Gasteiger partial charge < -0.3 is 5.32 Å². The molecule has 2 heteroatoms. The highest BCUT2D eigenvalue weighted by Crippen LogP contribution is 2.34. The average molecular weight is 494 g/mol. The van der Waals surface area contributed by atoms with Crippen molar-refractivity contribution in [3.63, 3.8) is 0 Å². The van der Waals surface area contributed by atoms with Crippen molar-refractivity contribution >= 4 is 5.78 Å². The second-order valence-corrected chi connectivity index (χ2v) is 12.2. The SMILES string of the molecule is CCCCCCC(C)(CCCCC)NCCCCCC(=O)C(C)(CCCCCC)CCCCCC. The standard InChI is InChI=1S/C33H67NO/c1-7-11-15-21-26-32(5,27-22-16-12-8-2)31(35)25-19-18-24-30-34-33(6,28-20-14-10-4)29-23-17-13-9-3/h34H,7-30H2,1-6H3. The predicted molar refractivity (Wildman–Crippen MR) is 158 cm³/mol. The molecule has 35 heavy (non-hydrogen) atoms. The van der Waals surface area contributed by atoms with Crippen molar-refractivity contribution in [2.45, 2.75) is 195 Å². The summed E-state index contributed by atoms with van der Waals surface area (Å²) in [4.78, 5) is 13.3. The predicted octanol–water partition coefficient (Wildman–Crippen LogP) is 11.0. The maximum Gasteiger partial charge on any atom is 0.138 e. The first-order chi connectivity index (χ1) is 16.9. The fourth-order valence-electron chi connectivity index (χ4n) is 5.58. The monoisotopic (exact) mass is 494 g/mol. The molecule has 0 spiro atoms. The van der Waals surface area contributed by atoms with Crippen LogP contribution >= 0.6 is 0 Å². The molecule has 0 fully saturated rings. The van der Waals surface area contributed by atoms with Crippen LogP contribution in [0.5, 0.6) is 0 Å². The van der Waals surface area contributed by atoms with E-state index in [9.17, 15) is 4.79 Å². The first-order valence-corrected chi connectivity index (χ1v) is 16.2. The number of hydrogen-bond acceptors (Lipinski definition) is 2. The van der Waals surface area contributed by atoms with Gasteiger partial charge in [-0.2, -0.15) is 0 Å². The third kappa shape index (κ3) is 18.5. The van der Waals surface area contributed by atoms with Crippen LogP contribution in [0, 0.1) is 5.41 Å². The van der Waals surface area contributed by atoms with E-state index in [-0.39, 0.29) is 5.41 Å². The van der Waals surface area contributed by atoms with E-state index in [1.54, 1.807) is 0 Å². The summed E-state index contributed by atoms with van der Waals surface area (Å²) in [5.74, 6) is 0.554. The minimum Gasteiger partial charge on any atom is -0.312 e. The zero-order valence-corrected chi connectivity index (χ0v) is 25.4. The quantitative estimate of drug-likeness (QED) is 0.115. The molecular weight excluding hydrogens is 426 g/mol. The molecule has 0 aliphatic heterocycles. The highest BCUT2D eigenvalue weighted by atomic mass is 16.1. The summed E-state index contributed by atoms with van der Waals surface area (Å²) in [6.45, 7) is 15.0. The minimum atomic E-state index is -0.0733. The van der Waals surface area contributed by atoms with Gasteiger partial charge in [-0.05, 0) is 52.0 Å². The number of unbranched alkanes of at least 4 members (excludes halogenated alkanes) is 13. The summed E-state index contributed by atoms with van der Waals surface area (Å²) >= 11 is 0. The summed E-state index contributed by atoms with van der Waals surface area (Å²) in [6.07, 6.45) is 28.7. The van der Waals surface area contributed by atoms with Crippen LogP contribution < -0.4 is 5.32 Å². The van der Waals surface area contributed by atoms with Crippen molar-refractivity contribution in [3.05, 3.63) is 0 Å². The molecule has 0 amide bonds. The van der Waals surface area contributed by atoms with Crippen LogP contribution in [0.25, 0.3) is 0 Å². The van der Waals surface area contributed by atoms with Crippen LogP contribution in [0.2, 0.25) is 0 Å². The Morgan fingerprint density at radius 1 is 0.514 bits per heavy atom. The lowest BCUT2D eigenvalue weighted by Crippen LogP contribution is -2.42. The Balaban J connectivity index is 4.46. The molecule has 2 nitrogen and oxygen atoms in total. The maximum absolute atomic E-state index is 13.3. The highest BCUT2D eigenvalue weighted by Gasteiger charge is 2.31. The number of nitrogens with one attached hydrogen (secondary N) is 1. The van der Waals surface area contributed by atoms with Crippen molar-refractivity contribution in [1.29, 1.82) is 0 Å². The molecule has 0 rings (SSSR count). The Labute approximate surface area is 222 Å². The van der Waals surface area contributed by atoms with E-state index in [0.717, 1.165) is 32.2 Å². The van der Waals surface area contributed by atoms with Crippen LogP contribution in [0.15, 0.2) is 0 Å². The van der Waals surface area contributed by atoms with E-state index >= 15 is 0 Å². The zero-order valence-electron chi connectivity index (χ0n) is 25.4. The summed E-state index contributed by atoms with van der Waals surface area (Å²) in [5.41, 5.74) is 0.227. The molecule has 0 aromatic heterocycles. The summed E-state index contributed by atoms with van der Waals surface area (Å²) in [7, 11) is 0. The molecule has 1 N–H and O–H groups in total. The van der Waals surface area contributed by atoms with Gasteiger partial charge in [-0.3, -0.25) is 4.79 Å². The minimum absolute atomic E-state index is 0.0733. The fraction of sp³-hybridized carbons (Fsp3) is 0.970. The van der Waals surface area contributed by atoms with Crippen LogP contribution in [0.1, 0.15) is 189 Å². The molecule has 0 aromatic carbocycles. The first kappa shape index (κ1) is 34.6. The third-order valence-corrected chi connectivity index (χ3v) is 8.38. The molecule has 0 aromatic rings. The Hall–Kier alpha value is -0.370. The smallest absolute Gasteiger partial charge is 0.138 e. The van der Waals surface area contributed by atoms with Gasteiger partial charge in [0.15, 0.2) is 0 Å². The number of carbonyl (C=O) groups is 1. The van der Waals surface area contributed by atoms with E-state index < -0.39 is 0 Å². The van der Waals surface area contributed by atoms with Crippen LogP contribution in [0.3, 0.4) is 0 Å². The molecule has 210 valence electrons. The molecule has 0 aliphatic carbocycles. The van der Waals surface area contributed by atoms with E-state index in [1.807, 2.05) is 0 Å². The van der Waals surface area contributed by atoms with E-state index in [4.69, 9.17) is 0 Å². The van der Waals surface area contributed by atoms with Crippen molar-refractivity contribution < 1.29 is 4.79 Å². The zero-order chi connectivity index (χ0) is 26.3. The van der Waals surface area contributed by atoms with Crippen molar-refractivity contribution in [2.75, 3.05) is 6.54 Å². The van der Waals surface area contributed by atoms with Gasteiger partial charge in [-0.25, -0.2) is 0 Å². The number of rotatable bonds is 27. The van der Waals surface area contributed by atoms with Crippen molar-refractivity contribution in [2.24, 2.45) is 5.41 Å². The van der Waals surface area contributed by atoms with Gasteiger partial charge >= 0.3 is 0 Å². The van der Waals surface area contributed by atoms with Gasteiger partial charge in [0, 0.05) is 17.4 Å². The van der Waals surface area contributed by atoms with E-state index in [1.165, 1.54) is 122 Å². The molecule has 0 saturated carbocycles. The van der Waals surface area contributed by atoms with E-state index in [2.05, 4.69) is 46.9 Å². The normalized spacial score (nSPS) is 13.8. The third-order valence-electron chi connectivity index (χ3n) is 8.38. The molecule has 0 bridgehead atoms. The lowest BCUT2D eigenvalue weighted by Gasteiger charge is -2.32. The van der Waals surface area contributed by atoms with Crippen LogP contribution in [-0.2, 0) is 4.79 Å². The van der Waals surface area contributed by atoms with Gasteiger partial charge in [-0.15, -0.1) is 0 Å². The number of Topliss-reactive ketones (excluding diaryl/α,β-unsaturated/α-hetero) is 1. The lowest BCUT2D eigenvalue weighted by atomic mass is 9.74. The van der Waals surface area contributed by atoms with Gasteiger partial charge in [0.1, 0.15) is 5.78 Å². The number of hydrogen-bond donors (Lipinski definition) is 1. The largest absolute Gasteiger partial charge is 0.312 e. The van der Waals surface area contributed by atoms with E-state index in [0.29, 0.717) is 11.3 Å². The molecular formula is C33H67NO. The maximum atomic E-state index is 13.3. The molecule has 1 atom stereocenters. The number of ketones is 1. The van der Waals surface area contributed by atoms with Crippen LogP contribution in [0.4, 0.5) is 0 Å². The fourth-order valence-corrected chi connectivity index (χ4v) is 5.58. The van der Waals surface area contributed by atoms with Gasteiger partial charge in [-0.1, -0.05) is 137 Å². The lowest BCUT2D eigenvalue weighted by molar-refractivity contribution is -0.129. The number of carbonyl (C=O) groups excluding carboxylic acids is 1. The summed E-state index contributed by atoms with van der Waals surface area (Å²) in [5, 5.41) is 3.95. The van der Waals surface area contributed by atoms with Gasteiger partial charge in [0.25, 0.3) is 0 Å². The first-order valence-electron chi connectivity index (χ1n) is 16.2. The topological polar surface area (TPSA) is 29.1 Å². The average Bonchev–Trinajstić information content (AvgIpc) is 2.84. The summed E-state index contributed by atoms with van der Waals surface area (Å²) in [6, 6.07) is 0. The summed E-state index contributed by atoms with van der Waals surface area (Å²) < 4.78 is 0. The van der Waals surface area contributed by atoms with Crippen LogP contribution in [-0.4, -0.2) is 17.9 Å². The second-order valence-electron chi connectivity index (χ2n) is 12.2. The van der Waals surface area contributed by atoms with Gasteiger partial charge in [0.05, 0.1) is 0 Å².